The Bertz CT molecular complexity index is 374. The zero-order valence-corrected chi connectivity index (χ0v) is 10.5. The summed E-state index contributed by atoms with van der Waals surface area (Å²) < 4.78 is 0. The van der Waals surface area contributed by atoms with Crippen molar-refractivity contribution in [2.75, 3.05) is 11.5 Å². The van der Waals surface area contributed by atoms with Crippen molar-refractivity contribution >= 4 is 23.4 Å². The van der Waals surface area contributed by atoms with Crippen LogP contribution in [0.1, 0.15) is 25.7 Å². The van der Waals surface area contributed by atoms with E-state index in [0.29, 0.717) is 17.5 Å². The number of nitrogens with two attached hydrogens (primary N) is 1. The molecule has 0 aliphatic heterocycles. The third-order valence-corrected chi connectivity index (χ3v) is 3.77. The van der Waals surface area contributed by atoms with Crippen molar-refractivity contribution in [3.8, 4) is 0 Å². The van der Waals surface area contributed by atoms with E-state index < -0.39 is 0 Å². The number of carbonyl (C=O) groups is 1. The molecule has 17 heavy (non-hydrogen) atoms. The van der Waals surface area contributed by atoms with Gasteiger partial charge in [-0.3, -0.25) is 4.79 Å². The van der Waals surface area contributed by atoms with Crippen LogP contribution >= 0.6 is 11.8 Å². The van der Waals surface area contributed by atoms with Gasteiger partial charge in [-0.2, -0.15) is 0 Å². The summed E-state index contributed by atoms with van der Waals surface area (Å²) in [5.41, 5.74) is 6.18. The quantitative estimate of drug-likeness (QED) is 0.801. The van der Waals surface area contributed by atoms with Crippen LogP contribution in [-0.4, -0.2) is 22.7 Å². The molecule has 2 rings (SSSR count). The number of thioether (sulfide) groups is 1. The summed E-state index contributed by atoms with van der Waals surface area (Å²) in [7, 11) is 0. The predicted octanol–water partition coefficient (Wildman–Crippen LogP) is 1.81. The van der Waals surface area contributed by atoms with Gasteiger partial charge in [0.1, 0.15) is 0 Å². The number of nitrogens with one attached hydrogen (secondary N) is 1. The standard InChI is InChI=1S/C12H17N3OS/c13-9-5-6-12(14-7-9)17-8-11(16)15-10-3-1-2-4-10/h5-7,10H,1-4,8,13H2,(H,15,16). The zero-order valence-electron chi connectivity index (χ0n) is 9.69. The Labute approximate surface area is 105 Å². The van der Waals surface area contributed by atoms with Gasteiger partial charge in [-0.1, -0.05) is 24.6 Å². The molecule has 1 aromatic rings. The molecule has 1 aliphatic rings. The third kappa shape index (κ3) is 3.93. The molecule has 0 radical (unpaired) electrons. The summed E-state index contributed by atoms with van der Waals surface area (Å²) in [5, 5.41) is 3.88. The minimum absolute atomic E-state index is 0.0977. The molecule has 1 aromatic heterocycles. The first-order chi connectivity index (χ1) is 8.24. The minimum Gasteiger partial charge on any atom is -0.397 e. The number of amides is 1. The highest BCUT2D eigenvalue weighted by Gasteiger charge is 2.16. The highest BCUT2D eigenvalue weighted by atomic mass is 32.2. The predicted molar refractivity (Wildman–Crippen MR) is 69.8 cm³/mol. The molecule has 0 bridgehead atoms. The number of nitrogens with zero attached hydrogens (tertiary/aromatic N) is 1. The fourth-order valence-corrected chi connectivity index (χ4v) is 2.61. The molecule has 3 N–H and O–H groups in total. The molecule has 0 saturated heterocycles. The van der Waals surface area contributed by atoms with Gasteiger partial charge in [-0.25, -0.2) is 4.98 Å². The number of anilines is 1. The molecule has 1 saturated carbocycles. The van der Waals surface area contributed by atoms with E-state index in [0.717, 1.165) is 17.9 Å². The average Bonchev–Trinajstić information content (AvgIpc) is 2.81. The zero-order chi connectivity index (χ0) is 12.1. The highest BCUT2D eigenvalue weighted by Crippen LogP contribution is 2.19. The first-order valence-electron chi connectivity index (χ1n) is 5.88. The summed E-state index contributed by atoms with van der Waals surface area (Å²) in [6, 6.07) is 4.02. The smallest absolute Gasteiger partial charge is 0.230 e. The number of hydrogen-bond acceptors (Lipinski definition) is 4. The van der Waals surface area contributed by atoms with E-state index in [4.69, 9.17) is 5.73 Å². The van der Waals surface area contributed by atoms with E-state index >= 15 is 0 Å². The van der Waals surface area contributed by atoms with Gasteiger partial charge in [0.25, 0.3) is 0 Å². The lowest BCUT2D eigenvalue weighted by Crippen LogP contribution is -2.33. The van der Waals surface area contributed by atoms with Crippen molar-refractivity contribution in [3.05, 3.63) is 18.3 Å². The molecule has 92 valence electrons. The van der Waals surface area contributed by atoms with Gasteiger partial charge in [0.05, 0.1) is 22.7 Å². The normalized spacial score (nSPS) is 16.0. The SMILES string of the molecule is Nc1ccc(SCC(=O)NC2CCCC2)nc1. The van der Waals surface area contributed by atoms with Gasteiger partial charge in [0.15, 0.2) is 0 Å². The Morgan fingerprint density at radius 3 is 2.88 bits per heavy atom. The van der Waals surface area contributed by atoms with E-state index in [1.165, 1.54) is 24.6 Å². The topological polar surface area (TPSA) is 68.0 Å². The molecule has 4 nitrogen and oxygen atoms in total. The van der Waals surface area contributed by atoms with E-state index in [1.807, 2.05) is 6.07 Å². The maximum Gasteiger partial charge on any atom is 0.230 e. The summed E-state index contributed by atoms with van der Waals surface area (Å²) in [4.78, 5) is 15.8. The molecule has 1 fully saturated rings. The van der Waals surface area contributed by atoms with Gasteiger partial charge in [0, 0.05) is 6.04 Å². The summed E-state index contributed by atoms with van der Waals surface area (Å²) in [6.07, 6.45) is 6.32. The van der Waals surface area contributed by atoms with Crippen LogP contribution in [0.5, 0.6) is 0 Å². The molecule has 0 aromatic carbocycles. The molecule has 0 spiro atoms. The number of carbonyl (C=O) groups excluding carboxylic acids is 1. The molecule has 0 unspecified atom stereocenters. The van der Waals surface area contributed by atoms with Crippen LogP contribution in [-0.2, 0) is 4.79 Å². The van der Waals surface area contributed by atoms with Crippen LogP contribution in [0.3, 0.4) is 0 Å². The second kappa shape index (κ2) is 5.91. The second-order valence-electron chi connectivity index (χ2n) is 4.27. The van der Waals surface area contributed by atoms with Gasteiger partial charge >= 0.3 is 0 Å². The van der Waals surface area contributed by atoms with E-state index in [-0.39, 0.29) is 5.91 Å². The number of rotatable bonds is 4. The van der Waals surface area contributed by atoms with Crippen molar-refractivity contribution in [2.45, 2.75) is 36.8 Å². The van der Waals surface area contributed by atoms with Gasteiger partial charge in [-0.15, -0.1) is 0 Å². The molecule has 0 atom stereocenters. The summed E-state index contributed by atoms with van der Waals surface area (Å²) >= 11 is 1.44. The first kappa shape index (κ1) is 12.2. The second-order valence-corrected chi connectivity index (χ2v) is 5.26. The number of aromatic nitrogens is 1. The van der Waals surface area contributed by atoms with Crippen molar-refractivity contribution in [2.24, 2.45) is 0 Å². The monoisotopic (exact) mass is 251 g/mol. The third-order valence-electron chi connectivity index (χ3n) is 2.83. The maximum absolute atomic E-state index is 11.7. The van der Waals surface area contributed by atoms with Crippen LogP contribution < -0.4 is 11.1 Å². The van der Waals surface area contributed by atoms with E-state index in [1.54, 1.807) is 12.3 Å². The maximum atomic E-state index is 11.7. The van der Waals surface area contributed by atoms with Crippen LogP contribution in [0.25, 0.3) is 0 Å². The minimum atomic E-state index is 0.0977. The van der Waals surface area contributed by atoms with Gasteiger partial charge < -0.3 is 11.1 Å². The Balaban J connectivity index is 1.73. The lowest BCUT2D eigenvalue weighted by atomic mass is 10.2. The molecular formula is C12H17N3OS. The lowest BCUT2D eigenvalue weighted by molar-refractivity contribution is -0.119. The van der Waals surface area contributed by atoms with Crippen molar-refractivity contribution in [3.63, 3.8) is 0 Å². The fraction of sp³-hybridized carbons (Fsp3) is 0.500. The van der Waals surface area contributed by atoms with Crippen LogP contribution in [0.4, 0.5) is 5.69 Å². The molecule has 5 heteroatoms. The fourth-order valence-electron chi connectivity index (χ4n) is 1.96. The summed E-state index contributed by atoms with van der Waals surface area (Å²) in [5.74, 6) is 0.522. The van der Waals surface area contributed by atoms with E-state index in [2.05, 4.69) is 10.3 Å². The first-order valence-corrected chi connectivity index (χ1v) is 6.86. The molecule has 1 aliphatic carbocycles. The number of nitrogen functional groups attached to an aromatic ring is 1. The van der Waals surface area contributed by atoms with Crippen molar-refractivity contribution in [1.82, 2.24) is 10.3 Å². The number of pyridine rings is 1. The highest BCUT2D eigenvalue weighted by molar-refractivity contribution is 7.99. The van der Waals surface area contributed by atoms with Crippen molar-refractivity contribution < 1.29 is 4.79 Å². The van der Waals surface area contributed by atoms with Gasteiger partial charge in [-0.05, 0) is 25.0 Å². The van der Waals surface area contributed by atoms with Crippen LogP contribution in [0.2, 0.25) is 0 Å². The Morgan fingerprint density at radius 1 is 1.47 bits per heavy atom. The average molecular weight is 251 g/mol. The van der Waals surface area contributed by atoms with Gasteiger partial charge in [0.2, 0.25) is 5.91 Å². The van der Waals surface area contributed by atoms with Crippen LogP contribution in [0, 0.1) is 0 Å². The lowest BCUT2D eigenvalue weighted by Gasteiger charge is -2.11. The van der Waals surface area contributed by atoms with Crippen LogP contribution in [0.15, 0.2) is 23.4 Å². The number of hydrogen-bond donors (Lipinski definition) is 2. The molecule has 1 amide bonds. The Morgan fingerprint density at radius 2 is 2.24 bits per heavy atom. The summed E-state index contributed by atoms with van der Waals surface area (Å²) in [6.45, 7) is 0. The van der Waals surface area contributed by atoms with E-state index in [9.17, 15) is 4.79 Å². The molecular weight excluding hydrogens is 234 g/mol. The Hall–Kier alpha value is -1.23. The largest absolute Gasteiger partial charge is 0.397 e. The van der Waals surface area contributed by atoms with Crippen molar-refractivity contribution in [1.29, 1.82) is 0 Å². The Kier molecular flexibility index (Phi) is 4.25. The molecule has 1 heterocycles.